The van der Waals surface area contributed by atoms with Crippen LogP contribution in [0.4, 0.5) is 5.82 Å². The number of anilines is 1. The molecular formula is C22H23N5. The first kappa shape index (κ1) is 16.4. The van der Waals surface area contributed by atoms with E-state index in [2.05, 4.69) is 67.4 Å². The Hall–Kier alpha value is -2.79. The van der Waals surface area contributed by atoms with E-state index in [1.165, 1.54) is 18.7 Å². The van der Waals surface area contributed by atoms with E-state index < -0.39 is 0 Å². The summed E-state index contributed by atoms with van der Waals surface area (Å²) in [5, 5.41) is 8.92. The molecule has 27 heavy (non-hydrogen) atoms. The predicted octanol–water partition coefficient (Wildman–Crippen LogP) is 3.11. The summed E-state index contributed by atoms with van der Waals surface area (Å²) in [4.78, 5) is 9.05. The van der Waals surface area contributed by atoms with Gasteiger partial charge in [-0.15, -0.1) is 10.2 Å². The second-order valence-electron chi connectivity index (χ2n) is 7.62. The first-order chi connectivity index (χ1) is 13.3. The third-order valence-corrected chi connectivity index (χ3v) is 5.76. The molecule has 2 aliphatic rings. The fourth-order valence-electron chi connectivity index (χ4n) is 4.42. The monoisotopic (exact) mass is 357 g/mol. The van der Waals surface area contributed by atoms with Crippen molar-refractivity contribution in [3.8, 4) is 11.3 Å². The lowest BCUT2D eigenvalue weighted by molar-refractivity contribution is 0.309. The molecule has 0 amide bonds. The van der Waals surface area contributed by atoms with Crippen LogP contribution in [0.25, 0.3) is 11.3 Å². The largest absolute Gasteiger partial charge is 0.354 e. The van der Waals surface area contributed by atoms with Crippen molar-refractivity contribution in [3.05, 3.63) is 72.6 Å². The molecule has 0 saturated carbocycles. The minimum atomic E-state index is 0.732. The van der Waals surface area contributed by atoms with Gasteiger partial charge >= 0.3 is 0 Å². The summed E-state index contributed by atoms with van der Waals surface area (Å²) in [5.41, 5.74) is 3.36. The van der Waals surface area contributed by atoms with Crippen molar-refractivity contribution in [2.45, 2.75) is 6.54 Å². The van der Waals surface area contributed by atoms with Crippen molar-refractivity contribution in [1.82, 2.24) is 20.1 Å². The second-order valence-corrected chi connectivity index (χ2v) is 7.62. The lowest BCUT2D eigenvalue weighted by Gasteiger charge is -2.22. The summed E-state index contributed by atoms with van der Waals surface area (Å²) in [5.74, 6) is 2.46. The Kier molecular flexibility index (Phi) is 4.30. The van der Waals surface area contributed by atoms with Gasteiger partial charge in [-0.05, 0) is 41.7 Å². The van der Waals surface area contributed by atoms with Gasteiger partial charge in [0.05, 0.1) is 5.69 Å². The zero-order valence-corrected chi connectivity index (χ0v) is 15.3. The minimum Gasteiger partial charge on any atom is -0.354 e. The van der Waals surface area contributed by atoms with Crippen molar-refractivity contribution >= 4 is 5.82 Å². The van der Waals surface area contributed by atoms with Crippen molar-refractivity contribution in [3.63, 3.8) is 0 Å². The molecular weight excluding hydrogens is 334 g/mol. The van der Waals surface area contributed by atoms with Crippen molar-refractivity contribution < 1.29 is 0 Å². The van der Waals surface area contributed by atoms with Crippen LogP contribution in [0.15, 0.2) is 67.0 Å². The van der Waals surface area contributed by atoms with Crippen molar-refractivity contribution in [2.75, 3.05) is 31.1 Å². The summed E-state index contributed by atoms with van der Waals surface area (Å²) >= 11 is 0. The lowest BCUT2D eigenvalue weighted by Crippen LogP contribution is -2.29. The third-order valence-electron chi connectivity index (χ3n) is 5.76. The normalized spacial score (nSPS) is 22.1. The minimum absolute atomic E-state index is 0.732. The van der Waals surface area contributed by atoms with E-state index in [-0.39, 0.29) is 0 Å². The number of nitrogens with zero attached hydrogens (tertiary/aromatic N) is 5. The molecule has 2 fully saturated rings. The topological polar surface area (TPSA) is 45.2 Å². The van der Waals surface area contributed by atoms with Crippen LogP contribution < -0.4 is 4.90 Å². The fraction of sp³-hybridized carbons (Fsp3) is 0.318. The van der Waals surface area contributed by atoms with Gasteiger partial charge in [0, 0.05) is 50.7 Å². The molecule has 0 N–H and O–H groups in total. The maximum atomic E-state index is 4.49. The standard InChI is InChI=1S/C22H23N5/c1-2-4-17(5-3-1)12-26-13-19-15-27(16-20(19)14-26)22-7-6-21(24-25-22)18-8-10-23-11-9-18/h1-11,19-20H,12-16H2/t19-,20-/m0/s1. The Labute approximate surface area is 159 Å². The van der Waals surface area contributed by atoms with Crippen LogP contribution in [0.5, 0.6) is 0 Å². The highest BCUT2D eigenvalue weighted by Crippen LogP contribution is 2.34. The van der Waals surface area contributed by atoms with Crippen LogP contribution in [0.2, 0.25) is 0 Å². The molecule has 0 aliphatic carbocycles. The molecule has 2 aliphatic heterocycles. The van der Waals surface area contributed by atoms with Gasteiger partial charge in [0.15, 0.2) is 5.82 Å². The van der Waals surface area contributed by atoms with E-state index in [0.29, 0.717) is 0 Å². The van der Waals surface area contributed by atoms with Crippen LogP contribution in [0, 0.1) is 11.8 Å². The second kappa shape index (κ2) is 7.08. The van der Waals surface area contributed by atoms with E-state index >= 15 is 0 Å². The number of hydrogen-bond acceptors (Lipinski definition) is 5. The maximum Gasteiger partial charge on any atom is 0.151 e. The van der Waals surface area contributed by atoms with Gasteiger partial charge in [0.2, 0.25) is 0 Å². The van der Waals surface area contributed by atoms with E-state index in [1.807, 2.05) is 12.1 Å². The SMILES string of the molecule is c1ccc(CN2C[C@H]3CN(c4ccc(-c5ccncc5)nn4)C[C@@H]3C2)cc1. The zero-order chi connectivity index (χ0) is 18.1. The zero-order valence-electron chi connectivity index (χ0n) is 15.3. The average Bonchev–Trinajstić information content (AvgIpc) is 3.28. The van der Waals surface area contributed by atoms with Gasteiger partial charge in [-0.2, -0.15) is 0 Å². The van der Waals surface area contributed by atoms with Crippen LogP contribution in [0.3, 0.4) is 0 Å². The van der Waals surface area contributed by atoms with Crippen LogP contribution in [-0.2, 0) is 6.54 Å². The van der Waals surface area contributed by atoms with Gasteiger partial charge in [-0.3, -0.25) is 9.88 Å². The van der Waals surface area contributed by atoms with E-state index in [9.17, 15) is 0 Å². The summed E-state index contributed by atoms with van der Waals surface area (Å²) in [6.07, 6.45) is 3.57. The molecule has 136 valence electrons. The smallest absolute Gasteiger partial charge is 0.151 e. The molecule has 0 spiro atoms. The third kappa shape index (κ3) is 3.43. The summed E-state index contributed by atoms with van der Waals surface area (Å²) in [6, 6.07) is 18.9. The first-order valence-electron chi connectivity index (χ1n) is 9.60. The molecule has 0 radical (unpaired) electrons. The van der Waals surface area contributed by atoms with Crippen LogP contribution in [-0.4, -0.2) is 46.3 Å². The highest BCUT2D eigenvalue weighted by Gasteiger charge is 2.40. The fourth-order valence-corrected chi connectivity index (χ4v) is 4.42. The quantitative estimate of drug-likeness (QED) is 0.718. The van der Waals surface area contributed by atoms with E-state index in [4.69, 9.17) is 0 Å². The van der Waals surface area contributed by atoms with E-state index in [0.717, 1.165) is 48.5 Å². The number of benzene rings is 1. The number of hydrogen-bond donors (Lipinski definition) is 0. The number of pyridine rings is 1. The van der Waals surface area contributed by atoms with Crippen molar-refractivity contribution in [2.24, 2.45) is 11.8 Å². The lowest BCUT2D eigenvalue weighted by atomic mass is 10.0. The van der Waals surface area contributed by atoms with Crippen molar-refractivity contribution in [1.29, 1.82) is 0 Å². The van der Waals surface area contributed by atoms with Crippen LogP contribution in [0.1, 0.15) is 5.56 Å². The molecule has 5 nitrogen and oxygen atoms in total. The van der Waals surface area contributed by atoms with Gasteiger partial charge in [-0.1, -0.05) is 30.3 Å². The molecule has 0 bridgehead atoms. The summed E-state index contributed by atoms with van der Waals surface area (Å²) in [6.45, 7) is 5.59. The summed E-state index contributed by atoms with van der Waals surface area (Å²) < 4.78 is 0. The highest BCUT2D eigenvalue weighted by molar-refractivity contribution is 5.59. The Morgan fingerprint density at radius 3 is 2.19 bits per heavy atom. The van der Waals surface area contributed by atoms with Gasteiger partial charge in [0.1, 0.15) is 0 Å². The molecule has 5 rings (SSSR count). The number of rotatable bonds is 4. The molecule has 2 saturated heterocycles. The molecule has 2 aromatic heterocycles. The number of fused-ring (bicyclic) bond motifs is 1. The van der Waals surface area contributed by atoms with E-state index in [1.54, 1.807) is 12.4 Å². The molecule has 0 unspecified atom stereocenters. The highest BCUT2D eigenvalue weighted by atomic mass is 15.3. The molecule has 2 atom stereocenters. The Balaban J connectivity index is 1.21. The number of likely N-dealkylation sites (tertiary alicyclic amines) is 1. The van der Waals surface area contributed by atoms with Gasteiger partial charge in [-0.25, -0.2) is 0 Å². The number of aromatic nitrogens is 3. The molecule has 5 heteroatoms. The molecule has 4 heterocycles. The summed E-state index contributed by atoms with van der Waals surface area (Å²) in [7, 11) is 0. The Morgan fingerprint density at radius 1 is 0.778 bits per heavy atom. The van der Waals surface area contributed by atoms with Gasteiger partial charge < -0.3 is 4.90 Å². The molecule has 3 aromatic rings. The predicted molar refractivity (Wildman–Crippen MR) is 106 cm³/mol. The average molecular weight is 357 g/mol. The first-order valence-corrected chi connectivity index (χ1v) is 9.60. The molecule has 1 aromatic carbocycles. The maximum absolute atomic E-state index is 4.49. The van der Waals surface area contributed by atoms with Gasteiger partial charge in [0.25, 0.3) is 0 Å². The Bertz CT molecular complexity index is 868. The van der Waals surface area contributed by atoms with Crippen LogP contribution >= 0.6 is 0 Å². The Morgan fingerprint density at radius 2 is 1.52 bits per heavy atom.